The number of thiazole rings is 1. The molecule has 1 aliphatic heterocycles. The van der Waals surface area contributed by atoms with Crippen molar-refractivity contribution in [3.8, 4) is 0 Å². The van der Waals surface area contributed by atoms with Crippen LogP contribution in [-0.2, 0) is 22.1 Å². The van der Waals surface area contributed by atoms with Gasteiger partial charge < -0.3 is 10.1 Å². The molecule has 2 heterocycles. The number of nitrogens with one attached hydrogen (secondary N) is 1. The zero-order valence-corrected chi connectivity index (χ0v) is 17.9. The van der Waals surface area contributed by atoms with Crippen molar-refractivity contribution in [1.82, 2.24) is 15.2 Å². The third-order valence-electron chi connectivity index (χ3n) is 5.01. The number of carbonyl (C=O) groups is 1. The van der Waals surface area contributed by atoms with Crippen molar-refractivity contribution in [2.24, 2.45) is 0 Å². The minimum absolute atomic E-state index is 0.152. The number of rotatable bonds is 7. The molecule has 1 unspecified atom stereocenters. The van der Waals surface area contributed by atoms with Crippen LogP contribution in [-0.4, -0.2) is 48.6 Å². The Labute approximate surface area is 178 Å². The molecule has 5 nitrogen and oxygen atoms in total. The van der Waals surface area contributed by atoms with E-state index in [0.29, 0.717) is 38.8 Å². The van der Waals surface area contributed by atoms with E-state index in [1.807, 2.05) is 5.38 Å². The van der Waals surface area contributed by atoms with E-state index < -0.39 is 11.7 Å². The second kappa shape index (κ2) is 9.89. The second-order valence-electron chi connectivity index (χ2n) is 7.60. The molecule has 0 saturated carbocycles. The van der Waals surface area contributed by atoms with E-state index in [1.54, 1.807) is 11.3 Å². The quantitative estimate of drug-likeness (QED) is 0.705. The van der Waals surface area contributed by atoms with Crippen molar-refractivity contribution in [3.05, 3.63) is 51.5 Å². The Kier molecular flexibility index (Phi) is 7.49. The summed E-state index contributed by atoms with van der Waals surface area (Å²) in [6.07, 6.45) is -4.18. The van der Waals surface area contributed by atoms with Gasteiger partial charge in [0.05, 0.1) is 41.9 Å². The highest BCUT2D eigenvalue weighted by Crippen LogP contribution is 2.31. The van der Waals surface area contributed by atoms with E-state index >= 15 is 0 Å². The van der Waals surface area contributed by atoms with E-state index in [0.717, 1.165) is 28.4 Å². The Hall–Kier alpha value is -1.97. The fraction of sp³-hybridized carbons (Fsp3) is 0.524. The number of benzene rings is 1. The molecule has 0 radical (unpaired) electrons. The van der Waals surface area contributed by atoms with Crippen LogP contribution in [0.3, 0.4) is 0 Å². The maximum Gasteiger partial charge on any atom is 0.416 e. The second-order valence-corrected chi connectivity index (χ2v) is 8.49. The van der Waals surface area contributed by atoms with Gasteiger partial charge in [-0.25, -0.2) is 4.98 Å². The Bertz CT molecular complexity index is 831. The molecule has 30 heavy (non-hydrogen) atoms. The van der Waals surface area contributed by atoms with Crippen LogP contribution in [0.1, 0.15) is 47.6 Å². The van der Waals surface area contributed by atoms with Crippen molar-refractivity contribution in [2.45, 2.75) is 38.4 Å². The highest BCUT2D eigenvalue weighted by atomic mass is 32.1. The number of alkyl halides is 3. The molecule has 9 heteroatoms. The molecule has 2 aromatic rings. The first-order valence-corrected chi connectivity index (χ1v) is 10.8. The molecular formula is C21H26F3N3O2S. The van der Waals surface area contributed by atoms with Gasteiger partial charge >= 0.3 is 6.18 Å². The number of nitrogens with zero attached hydrogens (tertiary/aromatic N) is 2. The number of ether oxygens (including phenoxy) is 1. The van der Waals surface area contributed by atoms with Gasteiger partial charge in [-0.3, -0.25) is 9.69 Å². The summed E-state index contributed by atoms with van der Waals surface area (Å²) in [5.41, 5.74) is 0.792. The molecule has 1 fully saturated rings. The van der Waals surface area contributed by atoms with Crippen molar-refractivity contribution in [2.75, 3.05) is 32.8 Å². The molecule has 1 aromatic carbocycles. The summed E-state index contributed by atoms with van der Waals surface area (Å²) < 4.78 is 44.1. The van der Waals surface area contributed by atoms with Gasteiger partial charge in [0.2, 0.25) is 5.91 Å². The van der Waals surface area contributed by atoms with E-state index in [4.69, 9.17) is 4.74 Å². The molecule has 1 saturated heterocycles. The summed E-state index contributed by atoms with van der Waals surface area (Å²) in [7, 11) is 0. The van der Waals surface area contributed by atoms with Crippen LogP contribution < -0.4 is 5.32 Å². The first-order valence-electron chi connectivity index (χ1n) is 9.94. The van der Waals surface area contributed by atoms with Gasteiger partial charge in [-0.15, -0.1) is 11.3 Å². The van der Waals surface area contributed by atoms with Crippen LogP contribution in [0.2, 0.25) is 0 Å². The molecule has 1 aliphatic rings. The molecule has 164 valence electrons. The third-order valence-corrected chi connectivity index (χ3v) is 6.20. The molecule has 0 bridgehead atoms. The Balaban J connectivity index is 1.67. The van der Waals surface area contributed by atoms with E-state index in [-0.39, 0.29) is 18.4 Å². The maximum atomic E-state index is 12.9. The third kappa shape index (κ3) is 6.02. The topological polar surface area (TPSA) is 54.5 Å². The molecule has 0 spiro atoms. The highest BCUT2D eigenvalue weighted by Gasteiger charge is 2.31. The van der Waals surface area contributed by atoms with Gasteiger partial charge in [0, 0.05) is 30.9 Å². The zero-order chi connectivity index (χ0) is 21.7. The largest absolute Gasteiger partial charge is 0.416 e. The average Bonchev–Trinajstić information content (AvgIpc) is 3.17. The number of carbonyl (C=O) groups excluding carboxylic acids is 1. The van der Waals surface area contributed by atoms with E-state index in [2.05, 4.69) is 29.0 Å². The van der Waals surface area contributed by atoms with Gasteiger partial charge in [0.15, 0.2) is 0 Å². The molecular weight excluding hydrogens is 415 g/mol. The van der Waals surface area contributed by atoms with E-state index in [1.165, 1.54) is 12.1 Å². The van der Waals surface area contributed by atoms with Crippen LogP contribution in [0, 0.1) is 0 Å². The summed E-state index contributed by atoms with van der Waals surface area (Å²) in [6, 6.07) is 4.94. The van der Waals surface area contributed by atoms with Crippen molar-refractivity contribution in [3.63, 3.8) is 0 Å². The van der Waals surface area contributed by atoms with Gasteiger partial charge in [-0.1, -0.05) is 26.0 Å². The first kappa shape index (κ1) is 22.7. The number of hydrogen-bond acceptors (Lipinski definition) is 5. The van der Waals surface area contributed by atoms with Crippen LogP contribution in [0.4, 0.5) is 13.2 Å². The zero-order valence-electron chi connectivity index (χ0n) is 17.0. The summed E-state index contributed by atoms with van der Waals surface area (Å²) >= 11 is 1.54. The molecule has 1 atom stereocenters. The van der Waals surface area contributed by atoms with Gasteiger partial charge in [0.1, 0.15) is 0 Å². The summed E-state index contributed by atoms with van der Waals surface area (Å²) in [6.45, 7) is 6.85. The smallest absolute Gasteiger partial charge is 0.379 e. The van der Waals surface area contributed by atoms with Gasteiger partial charge in [0.25, 0.3) is 0 Å². The van der Waals surface area contributed by atoms with Crippen LogP contribution in [0.15, 0.2) is 29.6 Å². The molecule has 3 rings (SSSR count). The van der Waals surface area contributed by atoms with Crippen LogP contribution >= 0.6 is 11.3 Å². The molecule has 0 aliphatic carbocycles. The maximum absolute atomic E-state index is 12.9. The number of amides is 1. The first-order chi connectivity index (χ1) is 14.2. The lowest BCUT2D eigenvalue weighted by Gasteiger charge is -2.35. The fourth-order valence-corrected chi connectivity index (χ4v) is 4.18. The standard InChI is InChI=1S/C21H26F3N3O2S/c1-14(2)20-26-17(13-30-20)11-19(28)25-12-18(27-7-9-29-10-8-27)15-3-5-16(6-4-15)21(22,23)24/h3-6,13-14,18H,7-12H2,1-2H3,(H,25,28). The summed E-state index contributed by atoms with van der Waals surface area (Å²) in [5.74, 6) is 0.165. The number of hydrogen-bond donors (Lipinski definition) is 1. The van der Waals surface area contributed by atoms with Crippen molar-refractivity contribution >= 4 is 17.2 Å². The summed E-state index contributed by atoms with van der Waals surface area (Å²) in [5, 5.41) is 5.82. The lowest BCUT2D eigenvalue weighted by Crippen LogP contribution is -2.44. The SMILES string of the molecule is CC(C)c1nc(CC(=O)NCC(c2ccc(C(F)(F)F)cc2)N2CCOCC2)cs1. The molecule has 1 aromatic heterocycles. The minimum atomic E-state index is -4.37. The lowest BCUT2D eigenvalue weighted by atomic mass is 10.0. The molecule has 1 N–H and O–H groups in total. The average molecular weight is 442 g/mol. The lowest BCUT2D eigenvalue weighted by molar-refractivity contribution is -0.137. The van der Waals surface area contributed by atoms with Gasteiger partial charge in [-0.05, 0) is 17.7 Å². The van der Waals surface area contributed by atoms with Gasteiger partial charge in [-0.2, -0.15) is 13.2 Å². The Morgan fingerprint density at radius 1 is 1.23 bits per heavy atom. The number of aromatic nitrogens is 1. The fourth-order valence-electron chi connectivity index (χ4n) is 3.35. The monoisotopic (exact) mass is 441 g/mol. The Morgan fingerprint density at radius 2 is 1.90 bits per heavy atom. The van der Waals surface area contributed by atoms with E-state index in [9.17, 15) is 18.0 Å². The van der Waals surface area contributed by atoms with Crippen LogP contribution in [0.5, 0.6) is 0 Å². The van der Waals surface area contributed by atoms with Crippen molar-refractivity contribution in [1.29, 1.82) is 0 Å². The minimum Gasteiger partial charge on any atom is -0.379 e. The van der Waals surface area contributed by atoms with Crippen LogP contribution in [0.25, 0.3) is 0 Å². The Morgan fingerprint density at radius 3 is 2.47 bits per heavy atom. The number of morpholine rings is 1. The predicted molar refractivity (Wildman–Crippen MR) is 109 cm³/mol. The predicted octanol–water partition coefficient (Wildman–Crippen LogP) is 4.02. The van der Waals surface area contributed by atoms with Crippen molar-refractivity contribution < 1.29 is 22.7 Å². The molecule has 1 amide bonds. The number of halogens is 3. The summed E-state index contributed by atoms with van der Waals surface area (Å²) in [4.78, 5) is 19.1. The highest BCUT2D eigenvalue weighted by molar-refractivity contribution is 7.09. The normalized spacial score (nSPS) is 16.6.